The summed E-state index contributed by atoms with van der Waals surface area (Å²) in [6.45, 7) is 6.30. The van der Waals surface area contributed by atoms with Crippen LogP contribution in [0.2, 0.25) is 0 Å². The summed E-state index contributed by atoms with van der Waals surface area (Å²) in [5.74, 6) is -0.00432. The average Bonchev–Trinajstić information content (AvgIpc) is 2.85. The minimum Gasteiger partial charge on any atom is -0.351 e. The number of aryl methyl sites for hydroxylation is 2. The number of carbonyl (C=O) groups is 1. The SMILES string of the molecule is Cc1cc(C)n(Cc2ccc(C(=O)NCCNC3CCCCCC3)cc2)n1. The highest BCUT2D eigenvalue weighted by molar-refractivity contribution is 5.94. The molecule has 1 aliphatic rings. The summed E-state index contributed by atoms with van der Waals surface area (Å²) in [4.78, 5) is 12.3. The Morgan fingerprint density at radius 3 is 2.41 bits per heavy atom. The van der Waals surface area contributed by atoms with Crippen molar-refractivity contribution in [2.45, 2.75) is 65.0 Å². The first-order valence-electron chi connectivity index (χ1n) is 10.2. The number of aromatic nitrogens is 2. The van der Waals surface area contributed by atoms with Crippen LogP contribution in [0.15, 0.2) is 30.3 Å². The maximum Gasteiger partial charge on any atom is 0.251 e. The number of nitrogens with zero attached hydrogens (tertiary/aromatic N) is 2. The minimum absolute atomic E-state index is 0.00432. The van der Waals surface area contributed by atoms with E-state index in [2.05, 4.69) is 28.7 Å². The number of rotatable bonds is 7. The van der Waals surface area contributed by atoms with Gasteiger partial charge in [0.2, 0.25) is 0 Å². The first-order valence-corrected chi connectivity index (χ1v) is 10.2. The summed E-state index contributed by atoms with van der Waals surface area (Å²) in [5, 5.41) is 11.1. The van der Waals surface area contributed by atoms with Crippen LogP contribution in [0.3, 0.4) is 0 Å². The van der Waals surface area contributed by atoms with Crippen molar-refractivity contribution in [2.75, 3.05) is 13.1 Å². The van der Waals surface area contributed by atoms with E-state index in [0.29, 0.717) is 18.2 Å². The first kappa shape index (κ1) is 19.6. The Kier molecular flexibility index (Phi) is 7.04. The van der Waals surface area contributed by atoms with Crippen LogP contribution in [0.1, 0.15) is 65.8 Å². The zero-order valence-corrected chi connectivity index (χ0v) is 16.6. The van der Waals surface area contributed by atoms with Gasteiger partial charge in [-0.05, 0) is 50.5 Å². The van der Waals surface area contributed by atoms with Gasteiger partial charge in [-0.3, -0.25) is 9.48 Å². The predicted octanol–water partition coefficient (Wildman–Crippen LogP) is 3.59. The lowest BCUT2D eigenvalue weighted by Gasteiger charge is -2.16. The lowest BCUT2D eigenvalue weighted by atomic mass is 10.1. The summed E-state index contributed by atoms with van der Waals surface area (Å²) in [7, 11) is 0. The second-order valence-corrected chi connectivity index (χ2v) is 7.68. The Morgan fingerprint density at radius 1 is 1.07 bits per heavy atom. The summed E-state index contributed by atoms with van der Waals surface area (Å²) in [6.07, 6.45) is 7.92. The van der Waals surface area contributed by atoms with E-state index in [9.17, 15) is 4.79 Å². The highest BCUT2D eigenvalue weighted by Crippen LogP contribution is 2.16. The van der Waals surface area contributed by atoms with Gasteiger partial charge in [-0.1, -0.05) is 37.8 Å². The third kappa shape index (κ3) is 5.93. The summed E-state index contributed by atoms with van der Waals surface area (Å²) in [5.41, 5.74) is 4.03. The van der Waals surface area contributed by atoms with Gasteiger partial charge in [0.05, 0.1) is 12.2 Å². The molecule has 3 rings (SSSR count). The summed E-state index contributed by atoms with van der Waals surface area (Å²) in [6, 6.07) is 10.5. The Bertz CT molecular complexity index is 727. The molecule has 146 valence electrons. The monoisotopic (exact) mass is 368 g/mol. The Morgan fingerprint density at radius 2 is 1.78 bits per heavy atom. The molecule has 1 aromatic carbocycles. The molecule has 0 atom stereocenters. The largest absolute Gasteiger partial charge is 0.351 e. The third-order valence-corrected chi connectivity index (χ3v) is 5.35. The van der Waals surface area contributed by atoms with Crippen molar-refractivity contribution in [1.82, 2.24) is 20.4 Å². The van der Waals surface area contributed by atoms with Crippen LogP contribution in [-0.4, -0.2) is 34.8 Å². The molecule has 1 fully saturated rings. The number of nitrogens with one attached hydrogen (secondary N) is 2. The van der Waals surface area contributed by atoms with Gasteiger partial charge >= 0.3 is 0 Å². The second-order valence-electron chi connectivity index (χ2n) is 7.68. The highest BCUT2D eigenvalue weighted by atomic mass is 16.1. The Hall–Kier alpha value is -2.14. The summed E-state index contributed by atoms with van der Waals surface area (Å²) >= 11 is 0. The lowest BCUT2D eigenvalue weighted by molar-refractivity contribution is 0.0953. The molecule has 2 aromatic rings. The fourth-order valence-corrected chi connectivity index (χ4v) is 3.81. The third-order valence-electron chi connectivity index (χ3n) is 5.35. The topological polar surface area (TPSA) is 59.0 Å². The fraction of sp³-hybridized carbons (Fsp3) is 0.545. The number of amides is 1. The standard InChI is InChI=1S/C22H32N4O/c1-17-15-18(2)26(25-17)16-19-9-11-20(12-10-19)22(27)24-14-13-23-21-7-5-3-4-6-8-21/h9-12,15,21,23H,3-8,13-14,16H2,1-2H3,(H,24,27). The quantitative estimate of drug-likeness (QED) is 0.580. The molecule has 1 saturated carbocycles. The first-order chi connectivity index (χ1) is 13.1. The molecular formula is C22H32N4O. The van der Waals surface area contributed by atoms with Crippen LogP contribution in [0.25, 0.3) is 0 Å². The molecule has 0 bridgehead atoms. The summed E-state index contributed by atoms with van der Waals surface area (Å²) < 4.78 is 1.99. The normalized spacial score (nSPS) is 15.5. The predicted molar refractivity (Wildman–Crippen MR) is 109 cm³/mol. The Labute approximate surface area is 162 Å². The number of carbonyl (C=O) groups excluding carboxylic acids is 1. The maximum atomic E-state index is 12.3. The lowest BCUT2D eigenvalue weighted by Crippen LogP contribution is -2.36. The zero-order chi connectivity index (χ0) is 19.1. The zero-order valence-electron chi connectivity index (χ0n) is 16.6. The van der Waals surface area contributed by atoms with Crippen LogP contribution in [0, 0.1) is 13.8 Å². The average molecular weight is 369 g/mol. The van der Waals surface area contributed by atoms with E-state index in [1.165, 1.54) is 38.5 Å². The molecule has 5 nitrogen and oxygen atoms in total. The van der Waals surface area contributed by atoms with Gasteiger partial charge < -0.3 is 10.6 Å². The number of hydrogen-bond acceptors (Lipinski definition) is 3. The molecule has 5 heteroatoms. The molecule has 0 spiro atoms. The van der Waals surface area contributed by atoms with Gasteiger partial charge in [-0.2, -0.15) is 5.10 Å². The molecule has 1 aliphatic carbocycles. The van der Waals surface area contributed by atoms with Crippen LogP contribution >= 0.6 is 0 Å². The minimum atomic E-state index is -0.00432. The number of benzene rings is 1. The van der Waals surface area contributed by atoms with E-state index in [4.69, 9.17) is 0 Å². The molecule has 0 radical (unpaired) electrons. The van der Waals surface area contributed by atoms with Crippen molar-refractivity contribution in [3.05, 3.63) is 52.8 Å². The van der Waals surface area contributed by atoms with Crippen molar-refractivity contribution >= 4 is 5.91 Å². The highest BCUT2D eigenvalue weighted by Gasteiger charge is 2.11. The van der Waals surface area contributed by atoms with Gasteiger partial charge in [0.1, 0.15) is 0 Å². The van der Waals surface area contributed by atoms with Gasteiger partial charge in [0.25, 0.3) is 5.91 Å². The molecule has 1 amide bonds. The van der Waals surface area contributed by atoms with Crippen LogP contribution in [-0.2, 0) is 6.54 Å². The van der Waals surface area contributed by atoms with E-state index >= 15 is 0 Å². The van der Waals surface area contributed by atoms with Gasteiger partial charge in [-0.25, -0.2) is 0 Å². The van der Waals surface area contributed by atoms with Crippen molar-refractivity contribution in [2.24, 2.45) is 0 Å². The fourth-order valence-electron chi connectivity index (χ4n) is 3.81. The molecule has 27 heavy (non-hydrogen) atoms. The molecule has 0 saturated heterocycles. The van der Waals surface area contributed by atoms with E-state index in [1.54, 1.807) is 0 Å². The van der Waals surface area contributed by atoms with Crippen molar-refractivity contribution in [3.63, 3.8) is 0 Å². The van der Waals surface area contributed by atoms with Crippen LogP contribution in [0.5, 0.6) is 0 Å². The van der Waals surface area contributed by atoms with E-state index in [-0.39, 0.29) is 5.91 Å². The number of hydrogen-bond donors (Lipinski definition) is 2. The second kappa shape index (κ2) is 9.70. The maximum absolute atomic E-state index is 12.3. The molecular weight excluding hydrogens is 336 g/mol. The van der Waals surface area contributed by atoms with Gasteiger partial charge in [0, 0.05) is 30.4 Å². The van der Waals surface area contributed by atoms with E-state index in [0.717, 1.165) is 30.0 Å². The van der Waals surface area contributed by atoms with E-state index < -0.39 is 0 Å². The molecule has 0 unspecified atom stereocenters. The van der Waals surface area contributed by atoms with Gasteiger partial charge in [-0.15, -0.1) is 0 Å². The van der Waals surface area contributed by atoms with Crippen LogP contribution in [0.4, 0.5) is 0 Å². The van der Waals surface area contributed by atoms with Crippen molar-refractivity contribution in [1.29, 1.82) is 0 Å². The van der Waals surface area contributed by atoms with Crippen LogP contribution < -0.4 is 10.6 Å². The van der Waals surface area contributed by atoms with Crippen molar-refractivity contribution in [3.8, 4) is 0 Å². The molecule has 1 heterocycles. The smallest absolute Gasteiger partial charge is 0.251 e. The van der Waals surface area contributed by atoms with Crippen molar-refractivity contribution < 1.29 is 4.79 Å². The molecule has 0 aliphatic heterocycles. The van der Waals surface area contributed by atoms with Gasteiger partial charge in [0.15, 0.2) is 0 Å². The molecule has 2 N–H and O–H groups in total. The Balaban J connectivity index is 1.42. The molecule has 1 aromatic heterocycles. The van der Waals surface area contributed by atoms with E-state index in [1.807, 2.05) is 35.9 Å².